The molecule has 0 unspecified atom stereocenters. The number of carbonyl (C=O) groups is 1. The molecular formula is C14H22N2O. The van der Waals surface area contributed by atoms with E-state index in [0.29, 0.717) is 6.54 Å². The van der Waals surface area contributed by atoms with Gasteiger partial charge in [-0.1, -0.05) is 19.1 Å². The third-order valence-electron chi connectivity index (χ3n) is 3.13. The highest BCUT2D eigenvalue weighted by molar-refractivity contribution is 5.96. The average molecular weight is 234 g/mol. The van der Waals surface area contributed by atoms with E-state index in [4.69, 9.17) is 5.73 Å². The molecule has 1 aromatic carbocycles. The zero-order valence-electron chi connectivity index (χ0n) is 11.2. The van der Waals surface area contributed by atoms with Crippen LogP contribution in [0.15, 0.2) is 24.3 Å². The Morgan fingerprint density at radius 2 is 1.82 bits per heavy atom. The van der Waals surface area contributed by atoms with Gasteiger partial charge in [-0.25, -0.2) is 0 Å². The quantitative estimate of drug-likeness (QED) is 0.868. The molecule has 1 amide bonds. The van der Waals surface area contributed by atoms with Crippen LogP contribution in [0.5, 0.6) is 0 Å². The topological polar surface area (TPSA) is 46.3 Å². The first kappa shape index (κ1) is 13.7. The van der Waals surface area contributed by atoms with Crippen LogP contribution in [0.2, 0.25) is 0 Å². The summed E-state index contributed by atoms with van der Waals surface area (Å²) >= 11 is 0. The summed E-state index contributed by atoms with van der Waals surface area (Å²) in [6, 6.07) is 8.05. The van der Waals surface area contributed by atoms with Crippen molar-refractivity contribution in [3.05, 3.63) is 29.8 Å². The monoisotopic (exact) mass is 234 g/mol. The molecule has 0 heterocycles. The van der Waals surface area contributed by atoms with Gasteiger partial charge < -0.3 is 10.6 Å². The molecule has 3 heteroatoms. The van der Waals surface area contributed by atoms with Crippen LogP contribution in [0.25, 0.3) is 0 Å². The highest BCUT2D eigenvalue weighted by Gasteiger charge is 2.29. The molecule has 3 nitrogen and oxygen atoms in total. The van der Waals surface area contributed by atoms with E-state index >= 15 is 0 Å². The minimum atomic E-state index is -0.516. The minimum absolute atomic E-state index is 0.0456. The van der Waals surface area contributed by atoms with Crippen LogP contribution in [0.1, 0.15) is 26.3 Å². The number of nitrogens with zero attached hydrogens (tertiary/aromatic N) is 1. The smallest absolute Gasteiger partial charge is 0.233 e. The van der Waals surface area contributed by atoms with Crippen molar-refractivity contribution >= 4 is 11.6 Å². The Hall–Kier alpha value is -1.35. The van der Waals surface area contributed by atoms with Crippen LogP contribution in [0.4, 0.5) is 5.69 Å². The summed E-state index contributed by atoms with van der Waals surface area (Å²) in [4.78, 5) is 13.9. The lowest BCUT2D eigenvalue weighted by Crippen LogP contribution is -2.42. The van der Waals surface area contributed by atoms with Gasteiger partial charge in [-0.3, -0.25) is 4.79 Å². The van der Waals surface area contributed by atoms with Gasteiger partial charge in [0.05, 0.1) is 5.41 Å². The standard InChI is InChI=1S/C14H22N2O/c1-5-11-6-8-12(9-7-11)16(4)13(17)14(2,3)10-15/h6-9H,5,10,15H2,1-4H3. The predicted octanol–water partition coefficient (Wildman–Crippen LogP) is 2.20. The molecule has 0 aromatic heterocycles. The second-order valence-electron chi connectivity index (χ2n) is 4.97. The predicted molar refractivity (Wildman–Crippen MR) is 72.1 cm³/mol. The van der Waals surface area contributed by atoms with Crippen LogP contribution >= 0.6 is 0 Å². The first-order chi connectivity index (χ1) is 7.92. The van der Waals surface area contributed by atoms with Crippen molar-refractivity contribution in [2.45, 2.75) is 27.2 Å². The second-order valence-corrected chi connectivity index (χ2v) is 4.97. The zero-order valence-corrected chi connectivity index (χ0v) is 11.2. The number of hydrogen-bond donors (Lipinski definition) is 1. The Morgan fingerprint density at radius 1 is 1.29 bits per heavy atom. The molecule has 0 aliphatic heterocycles. The minimum Gasteiger partial charge on any atom is -0.329 e. The average Bonchev–Trinajstić information content (AvgIpc) is 2.37. The fraction of sp³-hybridized carbons (Fsp3) is 0.500. The summed E-state index contributed by atoms with van der Waals surface area (Å²) in [5.74, 6) is 0.0456. The van der Waals surface area contributed by atoms with E-state index in [1.165, 1.54) is 5.56 Å². The van der Waals surface area contributed by atoms with Gasteiger partial charge in [0, 0.05) is 19.3 Å². The van der Waals surface area contributed by atoms with Gasteiger partial charge in [-0.15, -0.1) is 0 Å². The fourth-order valence-corrected chi connectivity index (χ4v) is 1.61. The molecule has 0 spiro atoms. The van der Waals surface area contributed by atoms with Crippen LogP contribution < -0.4 is 10.6 Å². The van der Waals surface area contributed by atoms with Crippen LogP contribution in [-0.2, 0) is 11.2 Å². The third-order valence-corrected chi connectivity index (χ3v) is 3.13. The number of anilines is 1. The van der Waals surface area contributed by atoms with E-state index in [0.717, 1.165) is 12.1 Å². The summed E-state index contributed by atoms with van der Waals surface area (Å²) in [6.45, 7) is 6.20. The lowest BCUT2D eigenvalue weighted by molar-refractivity contribution is -0.125. The number of benzene rings is 1. The van der Waals surface area contributed by atoms with E-state index < -0.39 is 5.41 Å². The maximum absolute atomic E-state index is 12.2. The van der Waals surface area contributed by atoms with E-state index in [9.17, 15) is 4.79 Å². The number of rotatable bonds is 4. The van der Waals surface area contributed by atoms with Crippen molar-refractivity contribution in [1.29, 1.82) is 0 Å². The third kappa shape index (κ3) is 3.07. The largest absolute Gasteiger partial charge is 0.329 e. The fourth-order valence-electron chi connectivity index (χ4n) is 1.61. The van der Waals surface area contributed by atoms with Gasteiger partial charge in [0.1, 0.15) is 0 Å². The van der Waals surface area contributed by atoms with E-state index in [1.807, 2.05) is 26.0 Å². The molecular weight excluding hydrogens is 212 g/mol. The maximum atomic E-state index is 12.2. The first-order valence-corrected chi connectivity index (χ1v) is 5.99. The summed E-state index contributed by atoms with van der Waals surface area (Å²) in [5.41, 5.74) is 7.29. The maximum Gasteiger partial charge on any atom is 0.233 e. The Kier molecular flexibility index (Phi) is 4.29. The van der Waals surface area contributed by atoms with Crippen LogP contribution in [0, 0.1) is 5.41 Å². The SMILES string of the molecule is CCc1ccc(N(C)C(=O)C(C)(C)CN)cc1. The van der Waals surface area contributed by atoms with Gasteiger partial charge >= 0.3 is 0 Å². The van der Waals surface area contributed by atoms with Crippen molar-refractivity contribution < 1.29 is 4.79 Å². The summed E-state index contributed by atoms with van der Waals surface area (Å²) in [7, 11) is 1.79. The van der Waals surface area contributed by atoms with Gasteiger partial charge in [0.15, 0.2) is 0 Å². The van der Waals surface area contributed by atoms with Gasteiger partial charge in [-0.2, -0.15) is 0 Å². The van der Waals surface area contributed by atoms with Crippen LogP contribution in [-0.4, -0.2) is 19.5 Å². The second kappa shape index (κ2) is 5.32. The lowest BCUT2D eigenvalue weighted by Gasteiger charge is -2.28. The highest BCUT2D eigenvalue weighted by atomic mass is 16.2. The number of amides is 1. The molecule has 0 aliphatic rings. The molecule has 1 rings (SSSR count). The van der Waals surface area contributed by atoms with E-state index in [-0.39, 0.29) is 5.91 Å². The van der Waals surface area contributed by atoms with Crippen LogP contribution in [0.3, 0.4) is 0 Å². The Morgan fingerprint density at radius 3 is 2.24 bits per heavy atom. The van der Waals surface area contributed by atoms with Crippen molar-refractivity contribution in [3.63, 3.8) is 0 Å². The summed E-state index contributed by atoms with van der Waals surface area (Å²) in [5, 5.41) is 0. The molecule has 1 aromatic rings. The number of carbonyl (C=O) groups excluding carboxylic acids is 1. The number of aryl methyl sites for hydroxylation is 1. The van der Waals surface area contributed by atoms with Crippen molar-refractivity contribution in [1.82, 2.24) is 0 Å². The normalized spacial score (nSPS) is 11.4. The molecule has 0 bridgehead atoms. The molecule has 0 saturated carbocycles. The summed E-state index contributed by atoms with van der Waals surface area (Å²) < 4.78 is 0. The van der Waals surface area contributed by atoms with Gasteiger partial charge in [0.25, 0.3) is 0 Å². The van der Waals surface area contributed by atoms with Crippen molar-refractivity contribution in [2.24, 2.45) is 11.1 Å². The highest BCUT2D eigenvalue weighted by Crippen LogP contribution is 2.22. The van der Waals surface area contributed by atoms with Crippen molar-refractivity contribution in [2.75, 3.05) is 18.5 Å². The number of hydrogen-bond acceptors (Lipinski definition) is 2. The van der Waals surface area contributed by atoms with E-state index in [2.05, 4.69) is 19.1 Å². The molecule has 17 heavy (non-hydrogen) atoms. The molecule has 0 aliphatic carbocycles. The first-order valence-electron chi connectivity index (χ1n) is 5.99. The zero-order chi connectivity index (χ0) is 13.1. The van der Waals surface area contributed by atoms with Crippen molar-refractivity contribution in [3.8, 4) is 0 Å². The van der Waals surface area contributed by atoms with E-state index in [1.54, 1.807) is 11.9 Å². The molecule has 0 saturated heterocycles. The Labute approximate surface area is 104 Å². The molecule has 0 radical (unpaired) electrons. The molecule has 0 fully saturated rings. The Balaban J connectivity index is 2.88. The van der Waals surface area contributed by atoms with Gasteiger partial charge in [-0.05, 0) is 38.0 Å². The van der Waals surface area contributed by atoms with Gasteiger partial charge in [0.2, 0.25) is 5.91 Å². The summed E-state index contributed by atoms with van der Waals surface area (Å²) in [6.07, 6.45) is 1.01. The Bertz CT molecular complexity index is 382. The molecule has 2 N–H and O–H groups in total. The number of nitrogens with two attached hydrogens (primary N) is 1. The molecule has 0 atom stereocenters. The molecule has 94 valence electrons. The lowest BCUT2D eigenvalue weighted by atomic mass is 9.92.